The third-order valence-electron chi connectivity index (χ3n) is 3.91. The molecule has 2 rings (SSSR count). The molecule has 0 aromatic heterocycles. The molecule has 0 radical (unpaired) electrons. The van der Waals surface area contributed by atoms with Crippen LogP contribution in [-0.4, -0.2) is 43.7 Å². The van der Waals surface area contributed by atoms with Crippen molar-refractivity contribution in [3.8, 4) is 0 Å². The van der Waals surface area contributed by atoms with Crippen LogP contribution >= 0.6 is 0 Å². The molecule has 2 N–H and O–H groups in total. The summed E-state index contributed by atoms with van der Waals surface area (Å²) >= 11 is 0. The Bertz CT molecular complexity index is 459. The third kappa shape index (κ3) is 5.01. The molecule has 1 aromatic carbocycles. The SMILES string of the molecule is CCCCNC(=O)N1CC[NH+](Cc2cccc(F)c2)CC1. The van der Waals surface area contributed by atoms with E-state index in [1.165, 1.54) is 11.0 Å². The van der Waals surface area contributed by atoms with Gasteiger partial charge in [0.1, 0.15) is 12.4 Å². The summed E-state index contributed by atoms with van der Waals surface area (Å²) in [5.41, 5.74) is 1.02. The minimum Gasteiger partial charge on any atom is -0.338 e. The number of quaternary nitrogens is 1. The van der Waals surface area contributed by atoms with E-state index in [0.717, 1.165) is 57.7 Å². The van der Waals surface area contributed by atoms with E-state index in [2.05, 4.69) is 12.2 Å². The highest BCUT2D eigenvalue weighted by atomic mass is 19.1. The Labute approximate surface area is 125 Å². The van der Waals surface area contributed by atoms with Crippen molar-refractivity contribution >= 4 is 6.03 Å². The van der Waals surface area contributed by atoms with Crippen molar-refractivity contribution in [3.05, 3.63) is 35.6 Å². The lowest BCUT2D eigenvalue weighted by Crippen LogP contribution is -3.13. The highest BCUT2D eigenvalue weighted by molar-refractivity contribution is 5.74. The normalized spacial score (nSPS) is 16.0. The first-order valence-corrected chi connectivity index (χ1v) is 7.80. The van der Waals surface area contributed by atoms with Crippen molar-refractivity contribution in [2.75, 3.05) is 32.7 Å². The zero-order valence-electron chi connectivity index (χ0n) is 12.7. The lowest BCUT2D eigenvalue weighted by atomic mass is 10.2. The van der Waals surface area contributed by atoms with Crippen molar-refractivity contribution in [1.82, 2.24) is 10.2 Å². The summed E-state index contributed by atoms with van der Waals surface area (Å²) in [7, 11) is 0. The lowest BCUT2D eigenvalue weighted by Gasteiger charge is -2.32. The zero-order chi connectivity index (χ0) is 15.1. The van der Waals surface area contributed by atoms with Gasteiger partial charge in [-0.05, 0) is 18.6 Å². The van der Waals surface area contributed by atoms with Crippen LogP contribution in [0.1, 0.15) is 25.3 Å². The van der Waals surface area contributed by atoms with E-state index in [4.69, 9.17) is 0 Å². The molecule has 1 saturated heterocycles. The molecule has 0 atom stereocenters. The number of carbonyl (C=O) groups is 1. The fourth-order valence-corrected chi connectivity index (χ4v) is 2.62. The number of piperazine rings is 1. The maximum Gasteiger partial charge on any atom is 0.317 e. The summed E-state index contributed by atoms with van der Waals surface area (Å²) in [6.07, 6.45) is 2.11. The Morgan fingerprint density at radius 3 is 2.81 bits per heavy atom. The second kappa shape index (κ2) is 7.98. The Balaban J connectivity index is 1.74. The summed E-state index contributed by atoms with van der Waals surface area (Å²) in [6.45, 7) is 7.05. The van der Waals surface area contributed by atoms with Gasteiger partial charge in [0, 0.05) is 12.1 Å². The number of halogens is 1. The Morgan fingerprint density at radius 2 is 2.14 bits per heavy atom. The molecule has 1 aliphatic heterocycles. The van der Waals surface area contributed by atoms with Gasteiger partial charge >= 0.3 is 6.03 Å². The van der Waals surface area contributed by atoms with Crippen molar-refractivity contribution < 1.29 is 14.1 Å². The van der Waals surface area contributed by atoms with Crippen molar-refractivity contribution in [1.29, 1.82) is 0 Å². The predicted molar refractivity (Wildman–Crippen MR) is 80.7 cm³/mol. The minimum absolute atomic E-state index is 0.0493. The molecular weight excluding hydrogens is 269 g/mol. The Kier molecular flexibility index (Phi) is 5.99. The monoisotopic (exact) mass is 294 g/mol. The molecular formula is C16H25FN3O+. The van der Waals surface area contributed by atoms with Crippen LogP contribution in [-0.2, 0) is 6.54 Å². The molecule has 116 valence electrons. The van der Waals surface area contributed by atoms with Crippen molar-refractivity contribution in [2.45, 2.75) is 26.3 Å². The highest BCUT2D eigenvalue weighted by Gasteiger charge is 2.23. The zero-order valence-corrected chi connectivity index (χ0v) is 12.7. The van der Waals surface area contributed by atoms with Crippen molar-refractivity contribution in [3.63, 3.8) is 0 Å². The van der Waals surface area contributed by atoms with E-state index in [1.807, 2.05) is 11.0 Å². The Morgan fingerprint density at radius 1 is 1.38 bits per heavy atom. The number of nitrogens with one attached hydrogen (secondary N) is 2. The topological polar surface area (TPSA) is 36.8 Å². The summed E-state index contributed by atoms with van der Waals surface area (Å²) in [6, 6.07) is 6.82. The van der Waals surface area contributed by atoms with Gasteiger partial charge in [0.15, 0.2) is 0 Å². The fourth-order valence-electron chi connectivity index (χ4n) is 2.62. The van der Waals surface area contributed by atoms with Gasteiger partial charge in [-0.3, -0.25) is 0 Å². The van der Waals surface area contributed by atoms with E-state index < -0.39 is 0 Å². The van der Waals surface area contributed by atoms with Crippen LogP contribution in [0.5, 0.6) is 0 Å². The molecule has 0 aliphatic carbocycles. The first-order chi connectivity index (χ1) is 10.2. The molecule has 1 aromatic rings. The first kappa shape index (κ1) is 15.8. The summed E-state index contributed by atoms with van der Waals surface area (Å²) in [5.74, 6) is -0.180. The van der Waals surface area contributed by atoms with E-state index >= 15 is 0 Å². The number of carbonyl (C=O) groups excluding carboxylic acids is 1. The van der Waals surface area contributed by atoms with Gasteiger partial charge in [0.2, 0.25) is 0 Å². The van der Waals surface area contributed by atoms with Crippen LogP contribution in [0.25, 0.3) is 0 Å². The second-order valence-electron chi connectivity index (χ2n) is 5.63. The maximum atomic E-state index is 13.2. The summed E-state index contributed by atoms with van der Waals surface area (Å²) in [4.78, 5) is 15.2. The smallest absolute Gasteiger partial charge is 0.317 e. The molecule has 0 saturated carbocycles. The van der Waals surface area contributed by atoms with Crippen molar-refractivity contribution in [2.24, 2.45) is 0 Å². The summed E-state index contributed by atoms with van der Waals surface area (Å²) in [5, 5.41) is 2.95. The number of urea groups is 1. The van der Waals surface area contributed by atoms with Gasteiger partial charge < -0.3 is 15.1 Å². The molecule has 0 bridgehead atoms. The molecule has 1 heterocycles. The van der Waals surface area contributed by atoms with Gasteiger partial charge in [-0.25, -0.2) is 9.18 Å². The van der Waals surface area contributed by atoms with Gasteiger partial charge in [0.05, 0.1) is 26.2 Å². The van der Waals surface area contributed by atoms with Gasteiger partial charge in [-0.1, -0.05) is 25.5 Å². The number of amides is 2. The number of hydrogen-bond donors (Lipinski definition) is 2. The van der Waals surface area contributed by atoms with Gasteiger partial charge in [0.25, 0.3) is 0 Å². The lowest BCUT2D eigenvalue weighted by molar-refractivity contribution is -0.917. The van der Waals surface area contributed by atoms with E-state index in [9.17, 15) is 9.18 Å². The van der Waals surface area contributed by atoms with Gasteiger partial charge in [-0.15, -0.1) is 0 Å². The van der Waals surface area contributed by atoms with Crippen LogP contribution < -0.4 is 10.2 Å². The first-order valence-electron chi connectivity index (χ1n) is 7.80. The van der Waals surface area contributed by atoms with Crippen LogP contribution in [0.15, 0.2) is 24.3 Å². The van der Waals surface area contributed by atoms with E-state index in [0.29, 0.717) is 0 Å². The maximum absolute atomic E-state index is 13.2. The average molecular weight is 294 g/mol. The molecule has 1 fully saturated rings. The Hall–Kier alpha value is -1.62. The molecule has 0 unspecified atom stereocenters. The third-order valence-corrected chi connectivity index (χ3v) is 3.91. The van der Waals surface area contributed by atoms with Gasteiger partial charge in [-0.2, -0.15) is 0 Å². The number of nitrogens with zero attached hydrogens (tertiary/aromatic N) is 1. The van der Waals surface area contributed by atoms with Crippen LogP contribution in [0.3, 0.4) is 0 Å². The molecule has 2 amide bonds. The molecule has 21 heavy (non-hydrogen) atoms. The molecule has 0 spiro atoms. The van der Waals surface area contributed by atoms with Crippen LogP contribution in [0.2, 0.25) is 0 Å². The molecule has 5 heteroatoms. The molecule has 1 aliphatic rings. The average Bonchev–Trinajstić information content (AvgIpc) is 2.48. The highest BCUT2D eigenvalue weighted by Crippen LogP contribution is 2.02. The number of hydrogen-bond acceptors (Lipinski definition) is 1. The largest absolute Gasteiger partial charge is 0.338 e. The predicted octanol–water partition coefficient (Wildman–Crippen LogP) is 1.04. The standard InChI is InChI=1S/C16H24FN3O/c1-2-3-7-18-16(21)20-10-8-19(9-11-20)13-14-5-4-6-15(17)12-14/h4-6,12H,2-3,7-11,13H2,1H3,(H,18,21)/p+1. The fraction of sp³-hybridized carbons (Fsp3) is 0.562. The van der Waals surface area contributed by atoms with Crippen LogP contribution in [0, 0.1) is 5.82 Å². The number of rotatable bonds is 5. The minimum atomic E-state index is -0.180. The van der Waals surface area contributed by atoms with E-state index in [-0.39, 0.29) is 11.8 Å². The number of benzene rings is 1. The van der Waals surface area contributed by atoms with Crippen LogP contribution in [0.4, 0.5) is 9.18 Å². The molecule has 4 nitrogen and oxygen atoms in total. The quantitative estimate of drug-likeness (QED) is 0.782. The second-order valence-corrected chi connectivity index (χ2v) is 5.63. The summed E-state index contributed by atoms with van der Waals surface area (Å²) < 4.78 is 13.2. The van der Waals surface area contributed by atoms with E-state index in [1.54, 1.807) is 12.1 Å². The number of unbranched alkanes of at least 4 members (excludes halogenated alkanes) is 1.